The number of hydrogen-bond donors (Lipinski definition) is 1. The molecule has 3 rings (SSSR count). The Hall–Kier alpha value is -1.14. The topological polar surface area (TPSA) is 54.5 Å². The minimum Gasteiger partial charge on any atom is -0.469 e. The van der Waals surface area contributed by atoms with Gasteiger partial charge in [0.25, 0.3) is 0 Å². The first kappa shape index (κ1) is 14.8. The molecule has 0 spiro atoms. The second-order valence-electron chi connectivity index (χ2n) is 5.86. The Morgan fingerprint density at radius 2 is 2.38 bits per heavy atom. The van der Waals surface area contributed by atoms with Crippen molar-refractivity contribution in [3.05, 3.63) is 11.1 Å². The SMILES string of the molecule is COC(=O)CCc1csc(NC2CCN3CCCCC23)n1. The van der Waals surface area contributed by atoms with Gasteiger partial charge in [0.2, 0.25) is 0 Å². The molecule has 1 N–H and O–H groups in total. The van der Waals surface area contributed by atoms with Crippen molar-refractivity contribution in [1.29, 1.82) is 0 Å². The van der Waals surface area contributed by atoms with Gasteiger partial charge in [-0.1, -0.05) is 6.42 Å². The van der Waals surface area contributed by atoms with Crippen molar-refractivity contribution in [2.75, 3.05) is 25.5 Å². The predicted molar refractivity (Wildman–Crippen MR) is 83.7 cm³/mol. The summed E-state index contributed by atoms with van der Waals surface area (Å²) in [4.78, 5) is 18.4. The number of piperidine rings is 1. The third kappa shape index (κ3) is 3.55. The van der Waals surface area contributed by atoms with Gasteiger partial charge in [0.15, 0.2) is 5.13 Å². The molecular formula is C15H23N3O2S. The summed E-state index contributed by atoms with van der Waals surface area (Å²) in [5.74, 6) is -0.175. The van der Waals surface area contributed by atoms with E-state index in [0.29, 0.717) is 24.9 Å². The van der Waals surface area contributed by atoms with Gasteiger partial charge in [-0.2, -0.15) is 0 Å². The summed E-state index contributed by atoms with van der Waals surface area (Å²) >= 11 is 1.64. The van der Waals surface area contributed by atoms with Crippen molar-refractivity contribution < 1.29 is 9.53 Å². The highest BCUT2D eigenvalue weighted by atomic mass is 32.1. The van der Waals surface area contributed by atoms with Crippen molar-refractivity contribution in [3.63, 3.8) is 0 Å². The van der Waals surface area contributed by atoms with Gasteiger partial charge in [-0.15, -0.1) is 11.3 Å². The number of hydrogen-bond acceptors (Lipinski definition) is 6. The number of nitrogens with zero attached hydrogens (tertiary/aromatic N) is 2. The van der Waals surface area contributed by atoms with Crippen LogP contribution >= 0.6 is 11.3 Å². The van der Waals surface area contributed by atoms with Gasteiger partial charge in [0.1, 0.15) is 0 Å². The Labute approximate surface area is 129 Å². The first-order valence-electron chi connectivity index (χ1n) is 7.78. The van der Waals surface area contributed by atoms with Crippen LogP contribution in [0, 0.1) is 0 Å². The number of methoxy groups -OCH3 is 1. The number of esters is 1. The monoisotopic (exact) mass is 309 g/mol. The van der Waals surface area contributed by atoms with Crippen LogP contribution in [-0.4, -0.2) is 48.1 Å². The van der Waals surface area contributed by atoms with Crippen LogP contribution in [0.25, 0.3) is 0 Å². The van der Waals surface area contributed by atoms with Crippen LogP contribution in [0.3, 0.4) is 0 Å². The Morgan fingerprint density at radius 3 is 3.24 bits per heavy atom. The second kappa shape index (κ2) is 6.75. The molecule has 116 valence electrons. The van der Waals surface area contributed by atoms with Crippen LogP contribution in [-0.2, 0) is 16.0 Å². The van der Waals surface area contributed by atoms with Crippen LogP contribution in [0.5, 0.6) is 0 Å². The maximum absolute atomic E-state index is 11.2. The number of carbonyl (C=O) groups excluding carboxylic acids is 1. The van der Waals surface area contributed by atoms with E-state index in [0.717, 1.165) is 10.8 Å². The predicted octanol–water partition coefficient (Wildman–Crippen LogP) is 2.29. The van der Waals surface area contributed by atoms with Gasteiger partial charge < -0.3 is 10.1 Å². The first-order valence-corrected chi connectivity index (χ1v) is 8.66. The van der Waals surface area contributed by atoms with Crippen LogP contribution < -0.4 is 5.32 Å². The Bertz CT molecular complexity index is 491. The summed E-state index contributed by atoms with van der Waals surface area (Å²) in [5, 5.41) is 6.65. The van der Waals surface area contributed by atoms with Crippen molar-refractivity contribution >= 4 is 22.4 Å². The lowest BCUT2D eigenvalue weighted by atomic mass is 9.99. The molecule has 3 heterocycles. The van der Waals surface area contributed by atoms with Crippen molar-refractivity contribution in [1.82, 2.24) is 9.88 Å². The van der Waals surface area contributed by atoms with Gasteiger partial charge in [-0.25, -0.2) is 4.98 Å². The minimum absolute atomic E-state index is 0.175. The van der Waals surface area contributed by atoms with E-state index in [2.05, 4.69) is 19.9 Å². The average Bonchev–Trinajstić information content (AvgIpc) is 3.13. The fourth-order valence-electron chi connectivity index (χ4n) is 3.39. The summed E-state index contributed by atoms with van der Waals surface area (Å²) in [5.41, 5.74) is 0.978. The Kier molecular flexibility index (Phi) is 4.75. The molecule has 6 heteroatoms. The molecule has 2 aliphatic heterocycles. The zero-order valence-corrected chi connectivity index (χ0v) is 13.3. The lowest BCUT2D eigenvalue weighted by molar-refractivity contribution is -0.140. The first-order chi connectivity index (χ1) is 10.3. The highest BCUT2D eigenvalue weighted by molar-refractivity contribution is 7.13. The molecule has 2 aliphatic rings. The average molecular weight is 309 g/mol. The smallest absolute Gasteiger partial charge is 0.305 e. The molecule has 0 saturated carbocycles. The van der Waals surface area contributed by atoms with Crippen molar-refractivity contribution in [2.45, 2.75) is 50.6 Å². The summed E-state index contributed by atoms with van der Waals surface area (Å²) in [6.45, 7) is 2.47. The number of aromatic nitrogens is 1. The van der Waals surface area contributed by atoms with E-state index in [4.69, 9.17) is 0 Å². The maximum atomic E-state index is 11.2. The number of ether oxygens (including phenoxy) is 1. The lowest BCUT2D eigenvalue weighted by Crippen LogP contribution is -2.41. The summed E-state index contributed by atoms with van der Waals surface area (Å²) in [7, 11) is 1.42. The van der Waals surface area contributed by atoms with E-state index in [-0.39, 0.29) is 5.97 Å². The fraction of sp³-hybridized carbons (Fsp3) is 0.733. The lowest BCUT2D eigenvalue weighted by Gasteiger charge is -2.32. The molecule has 2 saturated heterocycles. The highest BCUT2D eigenvalue weighted by Gasteiger charge is 2.35. The quantitative estimate of drug-likeness (QED) is 0.846. The van der Waals surface area contributed by atoms with Crippen molar-refractivity contribution in [2.24, 2.45) is 0 Å². The van der Waals surface area contributed by atoms with E-state index < -0.39 is 0 Å². The molecule has 21 heavy (non-hydrogen) atoms. The molecule has 5 nitrogen and oxygen atoms in total. The summed E-state index contributed by atoms with van der Waals surface area (Å²) in [6.07, 6.45) is 6.27. The molecule has 0 radical (unpaired) electrons. The van der Waals surface area contributed by atoms with Crippen LogP contribution in [0.2, 0.25) is 0 Å². The van der Waals surface area contributed by atoms with Crippen molar-refractivity contribution in [3.8, 4) is 0 Å². The van der Waals surface area contributed by atoms with Crippen LogP contribution in [0.15, 0.2) is 5.38 Å². The number of carbonyl (C=O) groups is 1. The van der Waals surface area contributed by atoms with Crippen LogP contribution in [0.4, 0.5) is 5.13 Å². The number of aryl methyl sites for hydroxylation is 1. The number of anilines is 1. The second-order valence-corrected chi connectivity index (χ2v) is 6.72. The Balaban J connectivity index is 1.53. The van der Waals surface area contributed by atoms with E-state index in [1.165, 1.54) is 45.9 Å². The maximum Gasteiger partial charge on any atom is 0.305 e. The van der Waals surface area contributed by atoms with Gasteiger partial charge in [-0.3, -0.25) is 9.69 Å². The number of fused-ring (bicyclic) bond motifs is 1. The molecule has 0 amide bonds. The number of thiazole rings is 1. The van der Waals surface area contributed by atoms with Gasteiger partial charge in [0.05, 0.1) is 19.2 Å². The molecular weight excluding hydrogens is 286 g/mol. The number of rotatable bonds is 5. The molecule has 2 unspecified atom stereocenters. The fourth-order valence-corrected chi connectivity index (χ4v) is 4.20. The minimum atomic E-state index is -0.175. The molecule has 0 bridgehead atoms. The zero-order valence-electron chi connectivity index (χ0n) is 12.5. The van der Waals surface area contributed by atoms with E-state index in [9.17, 15) is 4.79 Å². The zero-order chi connectivity index (χ0) is 14.7. The van der Waals surface area contributed by atoms with Gasteiger partial charge in [0, 0.05) is 30.4 Å². The molecule has 2 fully saturated rings. The highest BCUT2D eigenvalue weighted by Crippen LogP contribution is 2.30. The third-order valence-corrected chi connectivity index (χ3v) is 5.35. The Morgan fingerprint density at radius 1 is 1.48 bits per heavy atom. The van der Waals surface area contributed by atoms with E-state index >= 15 is 0 Å². The summed E-state index contributed by atoms with van der Waals surface area (Å²) in [6, 6.07) is 1.21. The standard InChI is InChI=1S/C15H23N3O2S/c1-20-14(19)6-5-11-10-21-15(16-11)17-12-7-9-18-8-3-2-4-13(12)18/h10,12-13H,2-9H2,1H3,(H,16,17). The molecule has 1 aromatic rings. The third-order valence-electron chi connectivity index (χ3n) is 4.53. The normalized spacial score (nSPS) is 25.6. The molecule has 0 aromatic carbocycles. The molecule has 1 aromatic heterocycles. The largest absolute Gasteiger partial charge is 0.469 e. The molecule has 2 atom stereocenters. The number of nitrogens with one attached hydrogen (secondary N) is 1. The summed E-state index contributed by atoms with van der Waals surface area (Å²) < 4.78 is 4.66. The van der Waals surface area contributed by atoms with E-state index in [1.807, 2.05) is 5.38 Å². The van der Waals surface area contributed by atoms with Crippen LogP contribution in [0.1, 0.15) is 37.8 Å². The van der Waals surface area contributed by atoms with E-state index in [1.54, 1.807) is 11.3 Å². The van der Waals surface area contributed by atoms with Gasteiger partial charge in [-0.05, 0) is 25.8 Å². The molecule has 0 aliphatic carbocycles. The van der Waals surface area contributed by atoms with Gasteiger partial charge >= 0.3 is 5.97 Å².